The number of halogens is 2. The van der Waals surface area contributed by atoms with E-state index in [1.165, 1.54) is 12.1 Å². The summed E-state index contributed by atoms with van der Waals surface area (Å²) in [5, 5.41) is 18.2. The van der Waals surface area contributed by atoms with Gasteiger partial charge in [0.25, 0.3) is 5.69 Å². The van der Waals surface area contributed by atoms with E-state index >= 15 is 0 Å². The highest BCUT2D eigenvalue weighted by Crippen LogP contribution is 2.30. The fourth-order valence-corrected chi connectivity index (χ4v) is 2.30. The summed E-state index contributed by atoms with van der Waals surface area (Å²) in [5.41, 5.74) is 0.457. The average molecular weight is 323 g/mol. The predicted molar refractivity (Wildman–Crippen MR) is 60.5 cm³/mol. The van der Waals surface area contributed by atoms with E-state index in [-0.39, 0.29) is 5.69 Å². The summed E-state index contributed by atoms with van der Waals surface area (Å²) in [5.74, 6) is 0. The van der Waals surface area contributed by atoms with E-state index in [4.69, 9.17) is 11.6 Å². The van der Waals surface area contributed by atoms with Gasteiger partial charge in [0.15, 0.2) is 0 Å². The number of hydrogen-bond donors (Lipinski definition) is 1. The number of nitro groups is 1. The maximum absolute atomic E-state index is 10.5. The molecule has 0 unspecified atom stereocenters. The summed E-state index contributed by atoms with van der Waals surface area (Å²) in [6.07, 6.45) is 0. The summed E-state index contributed by atoms with van der Waals surface area (Å²) in [4.78, 5) is 10.0. The Kier molecular flexibility index (Phi) is 2.31. The molecule has 0 spiro atoms. The third kappa shape index (κ3) is 1.44. The van der Waals surface area contributed by atoms with Crippen LogP contribution in [0.25, 0.3) is 10.9 Å². The fraction of sp³-hybridized carbons (Fsp3) is 0. The second-order valence-corrected chi connectivity index (χ2v) is 4.10. The van der Waals surface area contributed by atoms with E-state index in [1.807, 2.05) is 22.6 Å². The lowest BCUT2D eigenvalue weighted by Gasteiger charge is -1.94. The number of benzene rings is 1. The lowest BCUT2D eigenvalue weighted by molar-refractivity contribution is -0.384. The van der Waals surface area contributed by atoms with Gasteiger partial charge in [0, 0.05) is 12.1 Å². The minimum atomic E-state index is -0.493. The highest BCUT2D eigenvalue weighted by Gasteiger charge is 2.14. The van der Waals surface area contributed by atoms with E-state index < -0.39 is 4.92 Å². The number of nitro benzene ring substituents is 1. The Labute approximate surface area is 96.7 Å². The van der Waals surface area contributed by atoms with Crippen LogP contribution in [-0.4, -0.2) is 15.1 Å². The zero-order valence-electron chi connectivity index (χ0n) is 6.62. The van der Waals surface area contributed by atoms with E-state index in [2.05, 4.69) is 10.2 Å². The topological polar surface area (TPSA) is 71.8 Å². The van der Waals surface area contributed by atoms with Crippen LogP contribution in [0.3, 0.4) is 0 Å². The summed E-state index contributed by atoms with van der Waals surface area (Å²) >= 11 is 7.92. The zero-order chi connectivity index (χ0) is 10.3. The molecule has 1 heterocycles. The van der Waals surface area contributed by atoms with Gasteiger partial charge in [0.1, 0.15) is 9.22 Å². The Bertz CT molecular complexity index is 525. The van der Waals surface area contributed by atoms with Crippen molar-refractivity contribution in [3.05, 3.63) is 31.0 Å². The molecular formula is C7H3ClIN3O2. The second-order valence-electron chi connectivity index (χ2n) is 2.62. The van der Waals surface area contributed by atoms with Crippen molar-refractivity contribution in [1.82, 2.24) is 10.2 Å². The number of aromatic nitrogens is 2. The largest absolute Gasteiger partial charge is 0.273 e. The highest BCUT2D eigenvalue weighted by atomic mass is 127. The number of fused-ring (bicyclic) bond motifs is 1. The van der Waals surface area contributed by atoms with Crippen LogP contribution >= 0.6 is 34.2 Å². The molecule has 0 saturated carbocycles. The normalized spacial score (nSPS) is 10.7. The van der Waals surface area contributed by atoms with Crippen LogP contribution in [0.5, 0.6) is 0 Å². The molecule has 1 N–H and O–H groups in total. The summed E-state index contributed by atoms with van der Waals surface area (Å²) < 4.78 is 0.775. The van der Waals surface area contributed by atoms with Crippen molar-refractivity contribution in [1.29, 1.82) is 0 Å². The first-order valence-corrected chi connectivity index (χ1v) is 5.03. The average Bonchev–Trinajstić information content (AvgIpc) is 2.48. The number of H-pyrrole nitrogens is 1. The Balaban J connectivity index is 2.80. The molecule has 14 heavy (non-hydrogen) atoms. The molecule has 0 saturated heterocycles. The molecule has 0 aliphatic rings. The van der Waals surface area contributed by atoms with Crippen LogP contribution in [0.1, 0.15) is 0 Å². The first-order chi connectivity index (χ1) is 6.59. The molecule has 2 rings (SSSR count). The Morgan fingerprint density at radius 1 is 1.57 bits per heavy atom. The number of hydrogen-bond acceptors (Lipinski definition) is 3. The van der Waals surface area contributed by atoms with Crippen molar-refractivity contribution < 1.29 is 4.92 Å². The molecule has 0 fully saturated rings. The smallest absolute Gasteiger partial charge is 0.271 e. The third-order valence-corrected chi connectivity index (χ3v) is 2.84. The minimum Gasteiger partial charge on any atom is -0.271 e. The van der Waals surface area contributed by atoms with Gasteiger partial charge in [-0.15, -0.1) is 0 Å². The molecule has 5 nitrogen and oxygen atoms in total. The zero-order valence-corrected chi connectivity index (χ0v) is 9.53. The minimum absolute atomic E-state index is 0.0506. The quantitative estimate of drug-likeness (QED) is 0.498. The molecule has 0 amide bonds. The molecule has 1 aromatic carbocycles. The number of nitrogens with one attached hydrogen (secondary N) is 1. The van der Waals surface area contributed by atoms with Crippen LogP contribution in [0.2, 0.25) is 5.02 Å². The number of nitrogens with zero attached hydrogens (tertiary/aromatic N) is 2. The Hall–Kier alpha value is -0.890. The first-order valence-electron chi connectivity index (χ1n) is 3.57. The van der Waals surface area contributed by atoms with Gasteiger partial charge in [0.2, 0.25) is 0 Å². The molecule has 0 aliphatic carbocycles. The van der Waals surface area contributed by atoms with Gasteiger partial charge in [-0.2, -0.15) is 5.10 Å². The number of non-ortho nitro benzene ring substituents is 1. The summed E-state index contributed by atoms with van der Waals surface area (Å²) in [6.45, 7) is 0. The van der Waals surface area contributed by atoms with Gasteiger partial charge in [-0.25, -0.2) is 0 Å². The molecule has 7 heteroatoms. The number of rotatable bonds is 1. The predicted octanol–water partition coefficient (Wildman–Crippen LogP) is 2.73. The van der Waals surface area contributed by atoms with Gasteiger partial charge < -0.3 is 0 Å². The Morgan fingerprint density at radius 2 is 2.29 bits per heavy atom. The van der Waals surface area contributed by atoms with E-state index in [0.717, 1.165) is 9.09 Å². The first kappa shape index (κ1) is 9.66. The van der Waals surface area contributed by atoms with Gasteiger partial charge in [0.05, 0.1) is 15.3 Å². The van der Waals surface area contributed by atoms with E-state index in [9.17, 15) is 10.1 Å². The second kappa shape index (κ2) is 3.35. The van der Waals surface area contributed by atoms with Crippen LogP contribution in [0, 0.1) is 13.8 Å². The van der Waals surface area contributed by atoms with Gasteiger partial charge in [-0.1, -0.05) is 11.6 Å². The monoisotopic (exact) mass is 323 g/mol. The third-order valence-electron chi connectivity index (χ3n) is 1.76. The van der Waals surface area contributed by atoms with Gasteiger partial charge in [-0.3, -0.25) is 15.2 Å². The molecule has 2 aromatic rings. The van der Waals surface area contributed by atoms with Crippen LogP contribution in [0.4, 0.5) is 5.69 Å². The van der Waals surface area contributed by atoms with Crippen molar-refractivity contribution in [2.24, 2.45) is 0 Å². The summed E-state index contributed by atoms with van der Waals surface area (Å²) in [7, 11) is 0. The molecule has 0 bridgehead atoms. The van der Waals surface area contributed by atoms with E-state index in [1.54, 1.807) is 0 Å². The lowest BCUT2D eigenvalue weighted by atomic mass is 10.2. The van der Waals surface area contributed by atoms with Crippen molar-refractivity contribution >= 4 is 50.8 Å². The maximum Gasteiger partial charge on any atom is 0.273 e. The van der Waals surface area contributed by atoms with Crippen LogP contribution in [0.15, 0.2) is 12.1 Å². The molecule has 72 valence electrons. The SMILES string of the molecule is O=[N+]([O-])c1cc(Cl)c2c(I)[nH]nc2c1. The fourth-order valence-electron chi connectivity index (χ4n) is 1.15. The van der Waals surface area contributed by atoms with E-state index in [0.29, 0.717) is 10.5 Å². The summed E-state index contributed by atoms with van der Waals surface area (Å²) in [6, 6.07) is 2.71. The van der Waals surface area contributed by atoms with Crippen molar-refractivity contribution in [2.75, 3.05) is 0 Å². The van der Waals surface area contributed by atoms with Crippen molar-refractivity contribution in [3.63, 3.8) is 0 Å². The van der Waals surface area contributed by atoms with Crippen LogP contribution < -0.4 is 0 Å². The van der Waals surface area contributed by atoms with Crippen molar-refractivity contribution in [3.8, 4) is 0 Å². The number of aromatic amines is 1. The Morgan fingerprint density at radius 3 is 2.93 bits per heavy atom. The maximum atomic E-state index is 10.5. The molecule has 0 radical (unpaired) electrons. The van der Waals surface area contributed by atoms with Gasteiger partial charge >= 0.3 is 0 Å². The molecule has 1 aromatic heterocycles. The molecule has 0 aliphatic heterocycles. The molecule has 0 atom stereocenters. The standard InChI is InChI=1S/C7H3ClIN3O2/c8-4-1-3(12(13)14)2-5-6(4)7(9)11-10-5/h1-2H,(H,10,11). The van der Waals surface area contributed by atoms with Gasteiger partial charge in [-0.05, 0) is 22.6 Å². The van der Waals surface area contributed by atoms with Crippen molar-refractivity contribution in [2.45, 2.75) is 0 Å². The molecular weight excluding hydrogens is 320 g/mol. The lowest BCUT2D eigenvalue weighted by Crippen LogP contribution is -1.87. The highest BCUT2D eigenvalue weighted by molar-refractivity contribution is 14.1. The van der Waals surface area contributed by atoms with Crippen LogP contribution in [-0.2, 0) is 0 Å².